The van der Waals surface area contributed by atoms with Crippen molar-refractivity contribution < 1.29 is 0 Å². The molecule has 0 bridgehead atoms. The molecule has 1 N–H and O–H groups in total. The van der Waals surface area contributed by atoms with Crippen LogP contribution in [-0.2, 0) is 0 Å². The SMILES string of the molecule is CC.CNC(C(C)C)C(C)(C)N(C)C. The molecule has 1 unspecified atom stereocenters. The second kappa shape index (κ2) is 7.24. The fraction of sp³-hybridized carbons (Fsp3) is 1.00. The summed E-state index contributed by atoms with van der Waals surface area (Å²) in [7, 11) is 6.30. The Morgan fingerprint density at radius 1 is 1.07 bits per heavy atom. The molecule has 0 saturated heterocycles. The first-order valence-electron chi connectivity index (χ1n) is 5.68. The van der Waals surface area contributed by atoms with Crippen LogP contribution in [0.5, 0.6) is 0 Å². The molecule has 0 spiro atoms. The van der Waals surface area contributed by atoms with Gasteiger partial charge in [-0.05, 0) is 40.9 Å². The summed E-state index contributed by atoms with van der Waals surface area (Å²) in [6, 6.07) is 0.535. The van der Waals surface area contributed by atoms with Gasteiger partial charge in [0.15, 0.2) is 0 Å². The quantitative estimate of drug-likeness (QED) is 0.754. The maximum absolute atomic E-state index is 3.38. The lowest BCUT2D eigenvalue weighted by Crippen LogP contribution is -2.56. The molecule has 0 aliphatic rings. The molecule has 0 radical (unpaired) electrons. The number of nitrogens with zero attached hydrogens (tertiary/aromatic N) is 1. The van der Waals surface area contributed by atoms with Gasteiger partial charge in [0, 0.05) is 11.6 Å². The van der Waals surface area contributed by atoms with Crippen molar-refractivity contribution in [2.24, 2.45) is 5.92 Å². The second-order valence-electron chi connectivity index (χ2n) is 4.56. The Bertz CT molecular complexity index is 128. The lowest BCUT2D eigenvalue weighted by molar-refractivity contribution is 0.116. The van der Waals surface area contributed by atoms with Gasteiger partial charge in [-0.3, -0.25) is 0 Å². The van der Waals surface area contributed by atoms with Crippen molar-refractivity contribution in [2.45, 2.75) is 53.1 Å². The summed E-state index contributed by atoms with van der Waals surface area (Å²) in [5, 5.41) is 3.38. The zero-order chi connectivity index (χ0) is 11.9. The van der Waals surface area contributed by atoms with Gasteiger partial charge in [0.25, 0.3) is 0 Å². The molecular weight excluding hydrogens is 172 g/mol. The van der Waals surface area contributed by atoms with Crippen molar-refractivity contribution in [3.63, 3.8) is 0 Å². The number of hydrogen-bond acceptors (Lipinski definition) is 2. The van der Waals surface area contributed by atoms with Gasteiger partial charge in [-0.15, -0.1) is 0 Å². The fourth-order valence-corrected chi connectivity index (χ4v) is 1.78. The van der Waals surface area contributed by atoms with Gasteiger partial charge in [0.05, 0.1) is 0 Å². The number of hydrogen-bond donors (Lipinski definition) is 1. The molecule has 0 aliphatic heterocycles. The summed E-state index contributed by atoms with van der Waals surface area (Å²) < 4.78 is 0. The molecule has 88 valence electrons. The van der Waals surface area contributed by atoms with Gasteiger partial charge < -0.3 is 10.2 Å². The van der Waals surface area contributed by atoms with Crippen LogP contribution in [0.1, 0.15) is 41.5 Å². The predicted molar refractivity (Wildman–Crippen MR) is 66.8 cm³/mol. The average molecular weight is 202 g/mol. The maximum Gasteiger partial charge on any atom is 0.0302 e. The first-order chi connectivity index (χ1) is 6.34. The maximum atomic E-state index is 3.38. The Labute approximate surface area is 91.1 Å². The van der Waals surface area contributed by atoms with Crippen molar-refractivity contribution in [3.8, 4) is 0 Å². The van der Waals surface area contributed by atoms with Gasteiger partial charge in [0.1, 0.15) is 0 Å². The van der Waals surface area contributed by atoms with E-state index in [1.165, 1.54) is 0 Å². The summed E-state index contributed by atoms with van der Waals surface area (Å²) in [5.41, 5.74) is 0.211. The van der Waals surface area contributed by atoms with E-state index in [-0.39, 0.29) is 5.54 Å². The van der Waals surface area contributed by atoms with E-state index in [0.29, 0.717) is 12.0 Å². The summed E-state index contributed by atoms with van der Waals surface area (Å²) in [6.07, 6.45) is 0. The normalized spacial score (nSPS) is 13.9. The molecule has 2 nitrogen and oxygen atoms in total. The topological polar surface area (TPSA) is 15.3 Å². The molecule has 0 rings (SSSR count). The zero-order valence-corrected chi connectivity index (χ0v) is 11.6. The molecule has 0 aromatic rings. The summed E-state index contributed by atoms with van der Waals surface area (Å²) in [4.78, 5) is 2.27. The van der Waals surface area contributed by atoms with Crippen molar-refractivity contribution in [1.29, 1.82) is 0 Å². The molecule has 0 aromatic heterocycles. The third kappa shape index (κ3) is 4.43. The minimum absolute atomic E-state index is 0.211. The van der Waals surface area contributed by atoms with Gasteiger partial charge >= 0.3 is 0 Å². The van der Waals surface area contributed by atoms with E-state index in [0.717, 1.165) is 0 Å². The smallest absolute Gasteiger partial charge is 0.0302 e. The Hall–Kier alpha value is -0.0800. The van der Waals surface area contributed by atoms with Crippen LogP contribution in [0.4, 0.5) is 0 Å². The van der Waals surface area contributed by atoms with Gasteiger partial charge in [-0.2, -0.15) is 0 Å². The first kappa shape index (κ1) is 16.4. The van der Waals surface area contributed by atoms with E-state index in [4.69, 9.17) is 0 Å². The highest BCUT2D eigenvalue weighted by Crippen LogP contribution is 2.21. The van der Waals surface area contributed by atoms with E-state index in [2.05, 4.69) is 52.0 Å². The lowest BCUT2D eigenvalue weighted by Gasteiger charge is -2.42. The lowest BCUT2D eigenvalue weighted by atomic mass is 9.85. The molecule has 0 aromatic carbocycles. The standard InChI is InChI=1S/C10H24N2.C2H6/c1-8(2)9(11-5)10(3,4)12(6)7;1-2/h8-9,11H,1-7H3;1-2H3. The van der Waals surface area contributed by atoms with E-state index in [1.807, 2.05) is 20.9 Å². The van der Waals surface area contributed by atoms with Crippen LogP contribution in [0, 0.1) is 5.92 Å². The van der Waals surface area contributed by atoms with Crippen LogP contribution in [0.3, 0.4) is 0 Å². The Kier molecular flexibility index (Phi) is 8.46. The summed E-state index contributed by atoms with van der Waals surface area (Å²) in [6.45, 7) is 13.1. The molecule has 0 aliphatic carbocycles. The zero-order valence-electron chi connectivity index (χ0n) is 11.6. The Balaban J connectivity index is 0. The second-order valence-corrected chi connectivity index (χ2v) is 4.56. The molecule has 1 atom stereocenters. The molecule has 0 fully saturated rings. The van der Waals surface area contributed by atoms with E-state index in [9.17, 15) is 0 Å². The molecule has 0 amide bonds. The molecule has 0 saturated carbocycles. The van der Waals surface area contributed by atoms with Crippen LogP contribution in [-0.4, -0.2) is 37.6 Å². The van der Waals surface area contributed by atoms with Crippen molar-refractivity contribution >= 4 is 0 Å². The number of rotatable bonds is 4. The highest BCUT2D eigenvalue weighted by Gasteiger charge is 2.32. The third-order valence-electron chi connectivity index (χ3n) is 2.89. The largest absolute Gasteiger partial charge is 0.315 e. The third-order valence-corrected chi connectivity index (χ3v) is 2.89. The number of nitrogens with one attached hydrogen (secondary N) is 1. The summed E-state index contributed by atoms with van der Waals surface area (Å²) >= 11 is 0. The fourth-order valence-electron chi connectivity index (χ4n) is 1.78. The monoisotopic (exact) mass is 202 g/mol. The minimum atomic E-state index is 0.211. The van der Waals surface area contributed by atoms with Gasteiger partial charge in [0.2, 0.25) is 0 Å². The van der Waals surface area contributed by atoms with Crippen molar-refractivity contribution in [1.82, 2.24) is 10.2 Å². The van der Waals surface area contributed by atoms with Crippen LogP contribution < -0.4 is 5.32 Å². The van der Waals surface area contributed by atoms with Gasteiger partial charge in [-0.25, -0.2) is 0 Å². The molecule has 2 heteroatoms. The minimum Gasteiger partial charge on any atom is -0.315 e. The van der Waals surface area contributed by atoms with Crippen LogP contribution >= 0.6 is 0 Å². The predicted octanol–water partition coefficient (Wildman–Crippen LogP) is 2.60. The Morgan fingerprint density at radius 2 is 1.43 bits per heavy atom. The van der Waals surface area contributed by atoms with Gasteiger partial charge in [-0.1, -0.05) is 27.7 Å². The average Bonchev–Trinajstić information content (AvgIpc) is 2.07. The van der Waals surface area contributed by atoms with Crippen molar-refractivity contribution in [3.05, 3.63) is 0 Å². The first-order valence-corrected chi connectivity index (χ1v) is 5.68. The number of likely N-dealkylation sites (N-methyl/N-ethyl adjacent to an activating group) is 2. The van der Waals surface area contributed by atoms with E-state index < -0.39 is 0 Å². The van der Waals surface area contributed by atoms with E-state index >= 15 is 0 Å². The molecule has 14 heavy (non-hydrogen) atoms. The highest BCUT2D eigenvalue weighted by atomic mass is 15.2. The van der Waals surface area contributed by atoms with Crippen LogP contribution in [0.15, 0.2) is 0 Å². The molecular formula is C12H30N2. The highest BCUT2D eigenvalue weighted by molar-refractivity contribution is 4.92. The van der Waals surface area contributed by atoms with Crippen LogP contribution in [0.2, 0.25) is 0 Å². The Morgan fingerprint density at radius 3 is 1.50 bits per heavy atom. The van der Waals surface area contributed by atoms with Crippen molar-refractivity contribution in [2.75, 3.05) is 21.1 Å². The van der Waals surface area contributed by atoms with Crippen LogP contribution in [0.25, 0.3) is 0 Å². The summed E-state index contributed by atoms with van der Waals surface area (Å²) in [5.74, 6) is 0.660. The molecule has 0 heterocycles. The van der Waals surface area contributed by atoms with E-state index in [1.54, 1.807) is 0 Å².